The lowest BCUT2D eigenvalue weighted by Crippen LogP contribution is -2.28. The Labute approximate surface area is 167 Å². The van der Waals surface area contributed by atoms with Crippen LogP contribution in [-0.2, 0) is 13.0 Å². The number of aromatic nitrogens is 1. The number of nitrogens with zero attached hydrogens (tertiary/aromatic N) is 2. The molecule has 4 rings (SSSR count). The SMILES string of the molecule is COc1cc2c(cc1OC)-c1cc(-c3ccc(Cl)cc3)c(C#N)c(=N)n1CC2. The van der Waals surface area contributed by atoms with Gasteiger partial charge in [-0.3, -0.25) is 5.41 Å². The van der Waals surface area contributed by atoms with E-state index < -0.39 is 0 Å². The monoisotopic (exact) mass is 391 g/mol. The van der Waals surface area contributed by atoms with E-state index >= 15 is 0 Å². The zero-order valence-electron chi connectivity index (χ0n) is 15.5. The molecule has 0 atom stereocenters. The Kier molecular flexibility index (Phi) is 4.58. The number of rotatable bonds is 3. The van der Waals surface area contributed by atoms with Crippen LogP contribution in [-0.4, -0.2) is 18.8 Å². The number of hydrogen-bond donors (Lipinski definition) is 1. The summed E-state index contributed by atoms with van der Waals surface area (Å²) in [5, 5.41) is 19.0. The van der Waals surface area contributed by atoms with Gasteiger partial charge in [-0.05, 0) is 47.9 Å². The Hall–Kier alpha value is -3.23. The van der Waals surface area contributed by atoms with Crippen molar-refractivity contribution in [2.75, 3.05) is 14.2 Å². The lowest BCUT2D eigenvalue weighted by Gasteiger charge is -2.25. The molecule has 1 aromatic heterocycles. The van der Waals surface area contributed by atoms with Crippen molar-refractivity contribution >= 4 is 11.6 Å². The molecule has 5 nitrogen and oxygen atoms in total. The van der Waals surface area contributed by atoms with Gasteiger partial charge in [-0.25, -0.2) is 0 Å². The second-order valence-electron chi connectivity index (χ2n) is 6.55. The van der Waals surface area contributed by atoms with Crippen molar-refractivity contribution in [3.05, 3.63) is 64.1 Å². The quantitative estimate of drug-likeness (QED) is 0.719. The van der Waals surface area contributed by atoms with E-state index in [1.165, 1.54) is 0 Å². The number of methoxy groups -OCH3 is 2. The smallest absolute Gasteiger partial charge is 0.161 e. The molecule has 0 amide bonds. The van der Waals surface area contributed by atoms with Gasteiger partial charge in [0.1, 0.15) is 17.1 Å². The van der Waals surface area contributed by atoms with Crippen molar-refractivity contribution < 1.29 is 9.47 Å². The molecule has 28 heavy (non-hydrogen) atoms. The number of nitriles is 1. The molecule has 2 aromatic carbocycles. The van der Waals surface area contributed by atoms with Crippen molar-refractivity contribution in [2.24, 2.45) is 0 Å². The minimum atomic E-state index is 0.213. The Bertz CT molecular complexity index is 1170. The molecule has 2 heterocycles. The minimum Gasteiger partial charge on any atom is -0.493 e. The number of fused-ring (bicyclic) bond motifs is 3. The first-order chi connectivity index (χ1) is 13.6. The Morgan fingerprint density at radius 1 is 1.04 bits per heavy atom. The average molecular weight is 392 g/mol. The van der Waals surface area contributed by atoms with Crippen LogP contribution in [0.15, 0.2) is 42.5 Å². The highest BCUT2D eigenvalue weighted by Crippen LogP contribution is 2.39. The maximum Gasteiger partial charge on any atom is 0.161 e. The summed E-state index contributed by atoms with van der Waals surface area (Å²) in [6.45, 7) is 0.631. The Morgan fingerprint density at radius 3 is 2.36 bits per heavy atom. The maximum absolute atomic E-state index is 9.72. The third kappa shape index (κ3) is 2.83. The summed E-state index contributed by atoms with van der Waals surface area (Å²) in [5.41, 5.74) is 5.14. The lowest BCUT2D eigenvalue weighted by atomic mass is 9.92. The Morgan fingerprint density at radius 2 is 1.71 bits per heavy atom. The molecule has 0 bridgehead atoms. The van der Waals surface area contributed by atoms with Gasteiger partial charge in [0.15, 0.2) is 11.5 Å². The summed E-state index contributed by atoms with van der Waals surface area (Å²) in [4.78, 5) is 0. The number of pyridine rings is 1. The van der Waals surface area contributed by atoms with Gasteiger partial charge in [0.2, 0.25) is 0 Å². The number of halogens is 1. The van der Waals surface area contributed by atoms with E-state index in [1.807, 2.05) is 34.9 Å². The van der Waals surface area contributed by atoms with Gasteiger partial charge in [-0.1, -0.05) is 23.7 Å². The Balaban J connectivity index is 2.01. The van der Waals surface area contributed by atoms with E-state index in [9.17, 15) is 5.26 Å². The summed E-state index contributed by atoms with van der Waals surface area (Å²) in [6.07, 6.45) is 0.754. The highest BCUT2D eigenvalue weighted by Gasteiger charge is 2.23. The molecule has 6 heteroatoms. The van der Waals surface area contributed by atoms with Crippen molar-refractivity contribution in [3.63, 3.8) is 0 Å². The predicted octanol–water partition coefficient (Wildman–Crippen LogP) is 4.40. The fourth-order valence-electron chi connectivity index (χ4n) is 3.69. The molecular weight excluding hydrogens is 374 g/mol. The average Bonchev–Trinajstić information content (AvgIpc) is 2.72. The summed E-state index contributed by atoms with van der Waals surface area (Å²) < 4.78 is 12.8. The summed E-state index contributed by atoms with van der Waals surface area (Å²) in [7, 11) is 3.23. The number of benzene rings is 2. The van der Waals surface area contributed by atoms with Crippen LogP contribution in [0.5, 0.6) is 11.5 Å². The molecule has 0 aliphatic carbocycles. The van der Waals surface area contributed by atoms with E-state index in [4.69, 9.17) is 26.5 Å². The molecule has 140 valence electrons. The van der Waals surface area contributed by atoms with Crippen LogP contribution in [0.4, 0.5) is 0 Å². The van der Waals surface area contributed by atoms with Gasteiger partial charge in [-0.2, -0.15) is 5.26 Å². The molecule has 0 fully saturated rings. The fourth-order valence-corrected chi connectivity index (χ4v) is 3.82. The molecular formula is C22H18ClN3O2. The van der Waals surface area contributed by atoms with Crippen LogP contribution >= 0.6 is 11.6 Å². The summed E-state index contributed by atoms with van der Waals surface area (Å²) >= 11 is 6.02. The van der Waals surface area contributed by atoms with Crippen LogP contribution in [0, 0.1) is 16.7 Å². The van der Waals surface area contributed by atoms with E-state index in [2.05, 4.69) is 6.07 Å². The first kappa shape index (κ1) is 18.1. The topological polar surface area (TPSA) is 71.0 Å². The van der Waals surface area contributed by atoms with Gasteiger partial charge < -0.3 is 14.0 Å². The zero-order valence-corrected chi connectivity index (χ0v) is 16.3. The molecule has 0 saturated carbocycles. The molecule has 0 saturated heterocycles. The second-order valence-corrected chi connectivity index (χ2v) is 6.99. The van der Waals surface area contributed by atoms with Crippen LogP contribution in [0.1, 0.15) is 11.1 Å². The van der Waals surface area contributed by atoms with Crippen LogP contribution in [0.2, 0.25) is 5.02 Å². The molecule has 0 radical (unpaired) electrons. The second kappa shape index (κ2) is 7.06. The zero-order chi connectivity index (χ0) is 19.8. The van der Waals surface area contributed by atoms with Gasteiger partial charge >= 0.3 is 0 Å². The largest absolute Gasteiger partial charge is 0.493 e. The van der Waals surface area contributed by atoms with Crippen LogP contribution in [0.25, 0.3) is 22.4 Å². The van der Waals surface area contributed by atoms with E-state index in [0.717, 1.165) is 34.4 Å². The highest BCUT2D eigenvalue weighted by molar-refractivity contribution is 6.30. The van der Waals surface area contributed by atoms with Gasteiger partial charge in [-0.15, -0.1) is 0 Å². The summed E-state index contributed by atoms with van der Waals surface area (Å²) in [6, 6.07) is 15.4. The van der Waals surface area contributed by atoms with Crippen molar-refractivity contribution in [3.8, 4) is 40.0 Å². The maximum atomic E-state index is 9.72. The highest BCUT2D eigenvalue weighted by atomic mass is 35.5. The predicted molar refractivity (Wildman–Crippen MR) is 108 cm³/mol. The van der Waals surface area contributed by atoms with Crippen LogP contribution in [0.3, 0.4) is 0 Å². The normalized spacial score (nSPS) is 11.9. The van der Waals surface area contributed by atoms with Gasteiger partial charge in [0.05, 0.1) is 19.9 Å². The standard InChI is InChI=1S/C22H18ClN3O2/c1-27-20-9-14-7-8-26-19(17(14)11-21(20)28-2)10-16(18(12-24)22(26)25)13-3-5-15(23)6-4-13/h3-6,9-11,25H,7-8H2,1-2H3. The third-order valence-electron chi connectivity index (χ3n) is 5.11. The molecule has 0 unspecified atom stereocenters. The van der Waals surface area contributed by atoms with Crippen LogP contribution < -0.4 is 15.0 Å². The first-order valence-electron chi connectivity index (χ1n) is 8.81. The van der Waals surface area contributed by atoms with Crippen molar-refractivity contribution in [2.45, 2.75) is 13.0 Å². The molecule has 1 N–H and O–H groups in total. The number of nitrogens with one attached hydrogen (secondary N) is 1. The molecule has 1 aliphatic heterocycles. The molecule has 3 aromatic rings. The van der Waals surface area contributed by atoms with E-state index in [0.29, 0.717) is 28.6 Å². The van der Waals surface area contributed by atoms with Crippen molar-refractivity contribution in [1.82, 2.24) is 4.57 Å². The van der Waals surface area contributed by atoms with E-state index in [-0.39, 0.29) is 5.49 Å². The van der Waals surface area contributed by atoms with Gasteiger partial charge in [0.25, 0.3) is 0 Å². The number of aryl methyl sites for hydroxylation is 1. The first-order valence-corrected chi connectivity index (χ1v) is 9.19. The molecule has 0 spiro atoms. The lowest BCUT2D eigenvalue weighted by molar-refractivity contribution is 0.354. The number of ether oxygens (including phenoxy) is 2. The third-order valence-corrected chi connectivity index (χ3v) is 5.36. The minimum absolute atomic E-state index is 0.213. The van der Waals surface area contributed by atoms with E-state index in [1.54, 1.807) is 26.4 Å². The summed E-state index contributed by atoms with van der Waals surface area (Å²) in [5.74, 6) is 1.32. The fraction of sp³-hybridized carbons (Fsp3) is 0.182. The van der Waals surface area contributed by atoms with Gasteiger partial charge in [0, 0.05) is 22.7 Å². The van der Waals surface area contributed by atoms with Crippen molar-refractivity contribution in [1.29, 1.82) is 10.7 Å². The molecule has 1 aliphatic rings. The number of hydrogen-bond acceptors (Lipinski definition) is 4.